The zero-order chi connectivity index (χ0) is 23.9. The van der Waals surface area contributed by atoms with Crippen LogP contribution in [-0.2, 0) is 6.54 Å². The van der Waals surface area contributed by atoms with Gasteiger partial charge in [0.25, 0.3) is 0 Å². The zero-order valence-electron chi connectivity index (χ0n) is 20.2. The molecule has 2 aromatic heterocycles. The molecule has 0 radical (unpaired) electrons. The van der Waals surface area contributed by atoms with Gasteiger partial charge in [0.05, 0.1) is 23.0 Å². The van der Waals surface area contributed by atoms with Gasteiger partial charge in [0.2, 0.25) is 0 Å². The van der Waals surface area contributed by atoms with E-state index in [1.54, 1.807) is 0 Å². The maximum Gasteiger partial charge on any atom is 0.185 e. The normalized spacial score (nSPS) is 16.5. The van der Waals surface area contributed by atoms with Gasteiger partial charge in [-0.1, -0.05) is 12.1 Å². The highest BCUT2D eigenvalue weighted by Gasteiger charge is 2.26. The van der Waals surface area contributed by atoms with Crippen molar-refractivity contribution < 1.29 is 0 Å². The quantitative estimate of drug-likeness (QED) is 0.386. The molecule has 2 aliphatic heterocycles. The Morgan fingerprint density at radius 2 is 1.94 bits per heavy atom. The van der Waals surface area contributed by atoms with E-state index in [0.29, 0.717) is 5.56 Å². The van der Waals surface area contributed by atoms with Gasteiger partial charge >= 0.3 is 0 Å². The molecule has 1 atom stereocenters. The minimum Gasteiger partial charge on any atom is -0.371 e. The first-order chi connectivity index (χ1) is 17.1. The molecule has 0 bridgehead atoms. The minimum atomic E-state index is 0.668. The van der Waals surface area contributed by atoms with Crippen LogP contribution < -0.4 is 4.90 Å². The molecule has 4 heterocycles. The van der Waals surface area contributed by atoms with E-state index < -0.39 is 0 Å². The summed E-state index contributed by atoms with van der Waals surface area (Å²) in [5.74, 6) is 1.60. The second kappa shape index (κ2) is 8.71. The number of nitrogens with zero attached hydrogens (tertiary/aromatic N) is 7. The summed E-state index contributed by atoms with van der Waals surface area (Å²) in [6.07, 6.45) is 6.51. The van der Waals surface area contributed by atoms with Gasteiger partial charge in [-0.15, -0.1) is 10.2 Å². The number of nitriles is 1. The van der Waals surface area contributed by atoms with Crippen molar-refractivity contribution in [2.24, 2.45) is 5.92 Å². The van der Waals surface area contributed by atoms with Gasteiger partial charge in [0.15, 0.2) is 5.82 Å². The van der Waals surface area contributed by atoms with Crippen molar-refractivity contribution >= 4 is 5.69 Å². The van der Waals surface area contributed by atoms with Gasteiger partial charge in [0, 0.05) is 37.1 Å². The molecular formula is C28H29N7. The first-order valence-corrected chi connectivity index (χ1v) is 12.2. The fraction of sp³-hybridized carbons (Fsp3) is 0.321. The maximum atomic E-state index is 9.13. The Kier molecular flexibility index (Phi) is 5.39. The van der Waals surface area contributed by atoms with Crippen LogP contribution in [0.25, 0.3) is 28.3 Å². The highest BCUT2D eigenvalue weighted by atomic mass is 15.3. The summed E-state index contributed by atoms with van der Waals surface area (Å²) < 4.78 is 4.37. The lowest BCUT2D eigenvalue weighted by atomic mass is 10.1. The van der Waals surface area contributed by atoms with E-state index in [0.717, 1.165) is 60.4 Å². The molecule has 2 aromatic carbocycles. The Morgan fingerprint density at radius 3 is 2.74 bits per heavy atom. The van der Waals surface area contributed by atoms with Crippen LogP contribution in [0.3, 0.4) is 0 Å². The Balaban J connectivity index is 1.32. The molecule has 176 valence electrons. The number of fused-ring (bicyclic) bond motifs is 5. The third kappa shape index (κ3) is 4.00. The average molecular weight is 464 g/mol. The van der Waals surface area contributed by atoms with Crippen LogP contribution in [0.15, 0.2) is 61.1 Å². The smallest absolute Gasteiger partial charge is 0.185 e. The molecule has 0 N–H and O–H groups in total. The molecule has 6 rings (SSSR count). The second-order valence-corrected chi connectivity index (χ2v) is 9.96. The molecule has 1 saturated heterocycles. The molecule has 2 aliphatic rings. The van der Waals surface area contributed by atoms with E-state index >= 15 is 0 Å². The van der Waals surface area contributed by atoms with E-state index in [2.05, 4.69) is 79.8 Å². The van der Waals surface area contributed by atoms with E-state index in [-0.39, 0.29) is 0 Å². The van der Waals surface area contributed by atoms with Gasteiger partial charge in [0.1, 0.15) is 6.33 Å². The summed E-state index contributed by atoms with van der Waals surface area (Å²) >= 11 is 0. The van der Waals surface area contributed by atoms with Gasteiger partial charge in [-0.2, -0.15) is 5.26 Å². The highest BCUT2D eigenvalue weighted by Crippen LogP contribution is 2.36. The summed E-state index contributed by atoms with van der Waals surface area (Å²) in [5.41, 5.74) is 7.62. The van der Waals surface area contributed by atoms with Crippen molar-refractivity contribution in [3.63, 3.8) is 0 Å². The third-order valence-corrected chi connectivity index (χ3v) is 7.32. The van der Waals surface area contributed by atoms with Crippen LogP contribution in [0, 0.1) is 17.2 Å². The largest absolute Gasteiger partial charge is 0.371 e. The molecule has 1 fully saturated rings. The van der Waals surface area contributed by atoms with Gasteiger partial charge < -0.3 is 14.4 Å². The van der Waals surface area contributed by atoms with Crippen LogP contribution in [0.4, 0.5) is 5.69 Å². The van der Waals surface area contributed by atoms with Crippen molar-refractivity contribution in [2.45, 2.75) is 19.4 Å². The number of hydrogen-bond donors (Lipinski definition) is 0. The van der Waals surface area contributed by atoms with E-state index in [1.165, 1.54) is 24.1 Å². The Bertz CT molecular complexity index is 1400. The van der Waals surface area contributed by atoms with E-state index in [1.807, 2.05) is 30.6 Å². The number of aromatic nitrogens is 4. The maximum absolute atomic E-state index is 9.13. The highest BCUT2D eigenvalue weighted by molar-refractivity contribution is 5.72. The van der Waals surface area contributed by atoms with E-state index in [4.69, 9.17) is 5.26 Å². The molecule has 0 spiro atoms. The lowest BCUT2D eigenvalue weighted by Crippen LogP contribution is -2.22. The fourth-order valence-electron chi connectivity index (χ4n) is 5.37. The summed E-state index contributed by atoms with van der Waals surface area (Å²) in [6, 6.07) is 18.9. The monoisotopic (exact) mass is 463 g/mol. The molecule has 35 heavy (non-hydrogen) atoms. The standard InChI is InChI=1S/C28H29N7/c1-32(2)11-9-21-10-12-33(16-21)25-7-8-26-24(13-25)18-34-17-23(22-5-3-20(15-29)4-6-22)14-27(34)28-31-30-19-35(26)28/h3-8,13-14,17,19,21H,9-12,16,18H2,1-2H3/t21-/m1/s1. The fourth-order valence-corrected chi connectivity index (χ4v) is 5.37. The molecule has 0 aliphatic carbocycles. The number of anilines is 1. The van der Waals surface area contributed by atoms with Crippen molar-refractivity contribution in [1.29, 1.82) is 5.26 Å². The molecule has 7 heteroatoms. The van der Waals surface area contributed by atoms with E-state index in [9.17, 15) is 0 Å². The number of hydrogen-bond acceptors (Lipinski definition) is 5. The Morgan fingerprint density at radius 1 is 1.09 bits per heavy atom. The Labute approximate surface area is 205 Å². The summed E-state index contributed by atoms with van der Waals surface area (Å²) in [7, 11) is 4.31. The van der Waals surface area contributed by atoms with Crippen LogP contribution in [0.2, 0.25) is 0 Å². The summed E-state index contributed by atoms with van der Waals surface area (Å²) in [5, 5.41) is 17.8. The Hall–Kier alpha value is -3.89. The lowest BCUT2D eigenvalue weighted by molar-refractivity contribution is 0.361. The van der Waals surface area contributed by atoms with Crippen LogP contribution in [0.5, 0.6) is 0 Å². The molecular weight excluding hydrogens is 434 g/mol. The molecule has 7 nitrogen and oxygen atoms in total. The predicted molar refractivity (Wildman–Crippen MR) is 138 cm³/mol. The molecule has 0 saturated carbocycles. The molecule has 0 amide bonds. The van der Waals surface area contributed by atoms with Crippen molar-refractivity contribution in [3.05, 3.63) is 72.2 Å². The van der Waals surface area contributed by atoms with Gasteiger partial charge in [-0.05, 0) is 86.9 Å². The summed E-state index contributed by atoms with van der Waals surface area (Å²) in [4.78, 5) is 4.82. The number of rotatable bonds is 5. The average Bonchev–Trinajstić information content (AvgIpc) is 3.61. The van der Waals surface area contributed by atoms with Crippen molar-refractivity contribution in [2.75, 3.05) is 38.6 Å². The molecule has 0 unspecified atom stereocenters. The minimum absolute atomic E-state index is 0.668. The predicted octanol–water partition coefficient (Wildman–Crippen LogP) is 4.41. The van der Waals surface area contributed by atoms with Crippen LogP contribution in [0.1, 0.15) is 24.0 Å². The topological polar surface area (TPSA) is 65.9 Å². The first kappa shape index (κ1) is 21.6. The van der Waals surface area contributed by atoms with Gasteiger partial charge in [-0.25, -0.2) is 0 Å². The number of benzene rings is 2. The van der Waals surface area contributed by atoms with Gasteiger partial charge in [-0.3, -0.25) is 4.57 Å². The lowest BCUT2D eigenvalue weighted by Gasteiger charge is -2.21. The second-order valence-electron chi connectivity index (χ2n) is 9.96. The third-order valence-electron chi connectivity index (χ3n) is 7.32. The van der Waals surface area contributed by atoms with Crippen LogP contribution >= 0.6 is 0 Å². The van der Waals surface area contributed by atoms with Crippen LogP contribution in [-0.4, -0.2) is 58.0 Å². The molecule has 4 aromatic rings. The summed E-state index contributed by atoms with van der Waals surface area (Å²) in [6.45, 7) is 4.17. The zero-order valence-corrected chi connectivity index (χ0v) is 20.2. The SMILES string of the molecule is CN(C)CC[C@@H]1CCN(c2ccc3c(c2)Cn2cc(-c4ccc(C#N)cc4)cc2-c2nncn2-3)C1. The van der Waals surface area contributed by atoms with Crippen molar-refractivity contribution in [1.82, 2.24) is 24.2 Å². The van der Waals surface area contributed by atoms with Crippen molar-refractivity contribution in [3.8, 4) is 34.4 Å². The first-order valence-electron chi connectivity index (χ1n) is 12.2.